The molecule has 0 atom stereocenters. The summed E-state index contributed by atoms with van der Waals surface area (Å²) < 4.78 is 5.26. The van der Waals surface area contributed by atoms with Crippen LogP contribution in [0.2, 0.25) is 0 Å². The molecular formula is C18H14N2O5. The molecule has 0 unspecified atom stereocenters. The number of hydrogen-bond acceptors (Lipinski definition) is 6. The highest BCUT2D eigenvalue weighted by atomic mass is 16.6. The monoisotopic (exact) mass is 338 g/mol. The van der Waals surface area contributed by atoms with Gasteiger partial charge in [0.15, 0.2) is 13.2 Å². The van der Waals surface area contributed by atoms with Crippen molar-refractivity contribution in [3.8, 4) is 5.75 Å². The molecule has 126 valence electrons. The van der Waals surface area contributed by atoms with E-state index in [1.54, 1.807) is 18.2 Å². The number of carbonyl (C=O) groups is 3. The van der Waals surface area contributed by atoms with Crippen LogP contribution < -0.4 is 4.74 Å². The lowest BCUT2D eigenvalue weighted by molar-refractivity contribution is -0.144. The molecule has 0 saturated heterocycles. The molecule has 1 heterocycles. The highest BCUT2D eigenvalue weighted by Gasteiger charge is 2.34. The minimum atomic E-state index is -0.805. The molecule has 25 heavy (non-hydrogen) atoms. The Morgan fingerprint density at radius 1 is 1.12 bits per heavy atom. The molecule has 3 rings (SSSR count). The predicted molar refractivity (Wildman–Crippen MR) is 88.1 cm³/mol. The van der Waals surface area contributed by atoms with Gasteiger partial charge in [-0.25, -0.2) is 4.90 Å². The summed E-state index contributed by atoms with van der Waals surface area (Å²) in [5.41, 5.74) is 0.939. The lowest BCUT2D eigenvalue weighted by Gasteiger charge is -2.15. The number of oxime groups is 1. The molecule has 0 aromatic heterocycles. The van der Waals surface area contributed by atoms with Crippen molar-refractivity contribution < 1.29 is 24.0 Å². The van der Waals surface area contributed by atoms with Crippen molar-refractivity contribution >= 4 is 23.9 Å². The van der Waals surface area contributed by atoms with Crippen LogP contribution in [0.25, 0.3) is 0 Å². The second kappa shape index (κ2) is 7.39. The average Bonchev–Trinajstić information content (AvgIpc) is 2.76. The van der Waals surface area contributed by atoms with Gasteiger partial charge in [-0.05, 0) is 17.7 Å². The van der Waals surface area contributed by atoms with Crippen LogP contribution in [-0.4, -0.2) is 42.0 Å². The van der Waals surface area contributed by atoms with E-state index in [1.165, 1.54) is 12.3 Å². The van der Waals surface area contributed by atoms with Crippen LogP contribution in [0, 0.1) is 0 Å². The van der Waals surface area contributed by atoms with Gasteiger partial charge in [-0.2, -0.15) is 0 Å². The van der Waals surface area contributed by atoms with E-state index in [1.807, 2.05) is 30.3 Å². The number of benzene rings is 2. The molecule has 1 aliphatic rings. The molecular weight excluding hydrogens is 324 g/mol. The van der Waals surface area contributed by atoms with Gasteiger partial charge in [-0.1, -0.05) is 47.6 Å². The van der Waals surface area contributed by atoms with Crippen molar-refractivity contribution in [3.63, 3.8) is 0 Å². The van der Waals surface area contributed by atoms with E-state index in [4.69, 9.17) is 9.57 Å². The maximum atomic E-state index is 12.5. The summed E-state index contributed by atoms with van der Waals surface area (Å²) in [5.74, 6) is -2.03. The molecule has 7 heteroatoms. The van der Waals surface area contributed by atoms with E-state index in [2.05, 4.69) is 5.16 Å². The lowest BCUT2D eigenvalue weighted by atomic mass is 10.2. The zero-order chi connectivity index (χ0) is 17.6. The van der Waals surface area contributed by atoms with Gasteiger partial charge in [0, 0.05) is 0 Å². The van der Waals surface area contributed by atoms with E-state index in [9.17, 15) is 14.4 Å². The van der Waals surface area contributed by atoms with Gasteiger partial charge in [-0.3, -0.25) is 14.4 Å². The third-order valence-electron chi connectivity index (χ3n) is 3.43. The summed E-state index contributed by atoms with van der Waals surface area (Å²) in [5, 5.41) is 3.67. The molecule has 0 fully saturated rings. The highest BCUT2D eigenvalue weighted by Crippen LogP contribution is 2.23. The Hall–Kier alpha value is -3.48. The van der Waals surface area contributed by atoms with E-state index in [0.29, 0.717) is 4.90 Å². The zero-order valence-corrected chi connectivity index (χ0v) is 13.1. The second-order valence-electron chi connectivity index (χ2n) is 5.13. The maximum Gasteiger partial charge on any atom is 0.277 e. The fourth-order valence-corrected chi connectivity index (χ4v) is 2.25. The van der Waals surface area contributed by atoms with Crippen LogP contribution in [0.5, 0.6) is 5.75 Å². The largest absolute Gasteiger partial charge is 0.483 e. The molecule has 7 nitrogen and oxygen atoms in total. The standard InChI is InChI=1S/C18H14N2O5/c21-16-11-24-15-9-5-4-8-14(15)18(23)20(16)17(22)12-25-19-10-13-6-2-1-3-7-13/h1-10H,11-12H2/b19-10-. The molecule has 0 N–H and O–H groups in total. The Morgan fingerprint density at radius 2 is 1.84 bits per heavy atom. The third kappa shape index (κ3) is 3.72. The second-order valence-corrected chi connectivity index (χ2v) is 5.13. The Labute approximate surface area is 143 Å². The normalized spacial score (nSPS) is 14.0. The van der Waals surface area contributed by atoms with Gasteiger partial charge >= 0.3 is 0 Å². The first kappa shape index (κ1) is 16.4. The molecule has 3 amide bonds. The van der Waals surface area contributed by atoms with Crippen molar-refractivity contribution in [2.24, 2.45) is 5.16 Å². The Balaban J connectivity index is 1.67. The summed E-state index contributed by atoms with van der Waals surface area (Å²) in [6.07, 6.45) is 1.43. The van der Waals surface area contributed by atoms with Crippen molar-refractivity contribution in [2.75, 3.05) is 13.2 Å². The fraction of sp³-hybridized carbons (Fsp3) is 0.111. The van der Waals surface area contributed by atoms with Gasteiger partial charge in [0.2, 0.25) is 0 Å². The van der Waals surface area contributed by atoms with E-state index in [0.717, 1.165) is 5.56 Å². The molecule has 0 saturated carbocycles. The van der Waals surface area contributed by atoms with Crippen LogP contribution in [0.3, 0.4) is 0 Å². The Bertz CT molecular complexity index is 832. The number of fused-ring (bicyclic) bond motifs is 1. The number of imide groups is 3. The smallest absolute Gasteiger partial charge is 0.277 e. The maximum absolute atomic E-state index is 12.5. The van der Waals surface area contributed by atoms with Crippen LogP contribution in [0.1, 0.15) is 15.9 Å². The molecule has 0 aliphatic carbocycles. The van der Waals surface area contributed by atoms with Crippen LogP contribution >= 0.6 is 0 Å². The number of para-hydroxylation sites is 1. The van der Waals surface area contributed by atoms with E-state index < -0.39 is 30.9 Å². The summed E-state index contributed by atoms with van der Waals surface area (Å²) >= 11 is 0. The van der Waals surface area contributed by atoms with Crippen molar-refractivity contribution in [3.05, 3.63) is 65.7 Å². The lowest BCUT2D eigenvalue weighted by Crippen LogP contribution is -2.44. The third-order valence-corrected chi connectivity index (χ3v) is 3.43. The molecule has 1 aliphatic heterocycles. The number of hydrogen-bond donors (Lipinski definition) is 0. The molecule has 0 radical (unpaired) electrons. The van der Waals surface area contributed by atoms with Crippen LogP contribution in [-0.2, 0) is 14.4 Å². The van der Waals surface area contributed by atoms with Crippen LogP contribution in [0.15, 0.2) is 59.8 Å². The summed E-state index contributed by atoms with van der Waals surface area (Å²) in [4.78, 5) is 42.2. The Kier molecular flexibility index (Phi) is 4.84. The summed E-state index contributed by atoms with van der Waals surface area (Å²) in [7, 11) is 0. The van der Waals surface area contributed by atoms with Crippen LogP contribution in [0.4, 0.5) is 0 Å². The van der Waals surface area contributed by atoms with Crippen molar-refractivity contribution in [2.45, 2.75) is 0 Å². The highest BCUT2D eigenvalue weighted by molar-refractivity contribution is 6.18. The van der Waals surface area contributed by atoms with Gasteiger partial charge < -0.3 is 9.57 Å². The topological polar surface area (TPSA) is 85.3 Å². The molecule has 0 spiro atoms. The average molecular weight is 338 g/mol. The molecule has 2 aromatic carbocycles. The molecule has 2 aromatic rings. The minimum absolute atomic E-state index is 0.148. The molecule has 0 bridgehead atoms. The van der Waals surface area contributed by atoms with Crippen molar-refractivity contribution in [1.29, 1.82) is 0 Å². The van der Waals surface area contributed by atoms with Gasteiger partial charge in [0.05, 0.1) is 11.8 Å². The first-order chi connectivity index (χ1) is 12.2. The van der Waals surface area contributed by atoms with Gasteiger partial charge in [0.25, 0.3) is 17.7 Å². The predicted octanol–water partition coefficient (Wildman–Crippen LogP) is 1.63. The summed E-state index contributed by atoms with van der Waals surface area (Å²) in [6, 6.07) is 15.5. The number of ether oxygens (including phenoxy) is 1. The van der Waals surface area contributed by atoms with Gasteiger partial charge in [-0.15, -0.1) is 0 Å². The van der Waals surface area contributed by atoms with E-state index in [-0.39, 0.29) is 11.3 Å². The number of nitrogens with zero attached hydrogens (tertiary/aromatic N) is 2. The fourth-order valence-electron chi connectivity index (χ4n) is 2.25. The minimum Gasteiger partial charge on any atom is -0.483 e. The zero-order valence-electron chi connectivity index (χ0n) is 13.1. The number of rotatable bonds is 4. The van der Waals surface area contributed by atoms with Gasteiger partial charge in [0.1, 0.15) is 5.75 Å². The first-order valence-corrected chi connectivity index (χ1v) is 7.49. The number of carbonyl (C=O) groups excluding carboxylic acids is 3. The first-order valence-electron chi connectivity index (χ1n) is 7.49. The Morgan fingerprint density at radius 3 is 2.64 bits per heavy atom. The summed E-state index contributed by atoms with van der Waals surface area (Å²) in [6.45, 7) is -0.940. The SMILES string of the molecule is O=C(CO/N=C\c1ccccc1)N1C(=O)COc2ccccc2C1=O. The quantitative estimate of drug-likeness (QED) is 0.480. The van der Waals surface area contributed by atoms with E-state index >= 15 is 0 Å². The number of amides is 3. The van der Waals surface area contributed by atoms with Crippen molar-refractivity contribution in [1.82, 2.24) is 4.90 Å².